The van der Waals surface area contributed by atoms with Crippen LogP contribution in [0.25, 0.3) is 22.3 Å². The standard InChI is InChI=1S/C21H21ClN2O4S2/c1-24(26)20(25)4-2-3-19-21(15-5-9-16(22)10-6-15)18(13-29-19)14-7-11-17(12-8-14)30(23,27)28/h5-13,26H,2-4H2,1H3,(H2,23,27,28). The van der Waals surface area contributed by atoms with E-state index in [2.05, 4.69) is 0 Å². The first-order chi connectivity index (χ1) is 14.2. The number of nitrogens with two attached hydrogens (primary N) is 1. The highest BCUT2D eigenvalue weighted by Gasteiger charge is 2.17. The van der Waals surface area contributed by atoms with Crippen LogP contribution in [0.15, 0.2) is 58.8 Å². The average Bonchev–Trinajstić information content (AvgIpc) is 3.11. The molecule has 9 heteroatoms. The van der Waals surface area contributed by atoms with E-state index in [-0.39, 0.29) is 17.2 Å². The molecule has 0 fully saturated rings. The van der Waals surface area contributed by atoms with Gasteiger partial charge in [0.15, 0.2) is 0 Å². The fourth-order valence-electron chi connectivity index (χ4n) is 3.11. The molecule has 1 amide bonds. The molecule has 0 saturated heterocycles. The lowest BCUT2D eigenvalue weighted by molar-refractivity contribution is -0.159. The maximum absolute atomic E-state index is 11.7. The van der Waals surface area contributed by atoms with Crippen molar-refractivity contribution in [3.8, 4) is 22.3 Å². The molecule has 3 aromatic rings. The summed E-state index contributed by atoms with van der Waals surface area (Å²) in [4.78, 5) is 12.8. The number of sulfonamides is 1. The summed E-state index contributed by atoms with van der Waals surface area (Å²) in [6, 6.07) is 13.9. The molecule has 3 N–H and O–H groups in total. The lowest BCUT2D eigenvalue weighted by Crippen LogP contribution is -2.22. The van der Waals surface area contributed by atoms with E-state index in [1.165, 1.54) is 19.2 Å². The number of thiophene rings is 1. The van der Waals surface area contributed by atoms with E-state index in [4.69, 9.17) is 16.7 Å². The van der Waals surface area contributed by atoms with Gasteiger partial charge in [-0.3, -0.25) is 10.0 Å². The number of carbonyl (C=O) groups excluding carboxylic acids is 1. The van der Waals surface area contributed by atoms with Crippen LogP contribution in [-0.4, -0.2) is 31.6 Å². The summed E-state index contributed by atoms with van der Waals surface area (Å²) in [6.45, 7) is 0. The third-order valence-corrected chi connectivity index (χ3v) is 6.88. The van der Waals surface area contributed by atoms with Gasteiger partial charge in [0.25, 0.3) is 0 Å². The van der Waals surface area contributed by atoms with E-state index in [0.29, 0.717) is 22.9 Å². The van der Waals surface area contributed by atoms with Gasteiger partial charge in [-0.1, -0.05) is 35.9 Å². The summed E-state index contributed by atoms with van der Waals surface area (Å²) in [5, 5.41) is 17.7. The molecule has 2 aromatic carbocycles. The molecular formula is C21H21ClN2O4S2. The normalized spacial score (nSPS) is 11.5. The van der Waals surface area contributed by atoms with Crippen LogP contribution in [0.3, 0.4) is 0 Å². The Balaban J connectivity index is 1.98. The van der Waals surface area contributed by atoms with Crippen molar-refractivity contribution in [1.29, 1.82) is 0 Å². The average molecular weight is 465 g/mol. The minimum Gasteiger partial charge on any atom is -0.286 e. The number of amides is 1. The van der Waals surface area contributed by atoms with Gasteiger partial charge < -0.3 is 0 Å². The Morgan fingerprint density at radius 3 is 2.27 bits per heavy atom. The van der Waals surface area contributed by atoms with Crippen LogP contribution in [0.4, 0.5) is 0 Å². The van der Waals surface area contributed by atoms with Gasteiger partial charge in [0, 0.05) is 34.5 Å². The first-order valence-electron chi connectivity index (χ1n) is 9.12. The van der Waals surface area contributed by atoms with Crippen molar-refractivity contribution >= 4 is 38.9 Å². The van der Waals surface area contributed by atoms with E-state index in [0.717, 1.165) is 27.1 Å². The minimum absolute atomic E-state index is 0.0568. The zero-order valence-electron chi connectivity index (χ0n) is 16.2. The largest absolute Gasteiger partial charge is 0.286 e. The van der Waals surface area contributed by atoms with Crippen molar-refractivity contribution in [3.05, 3.63) is 63.8 Å². The van der Waals surface area contributed by atoms with Crippen LogP contribution in [0.5, 0.6) is 0 Å². The lowest BCUT2D eigenvalue weighted by atomic mass is 9.95. The smallest absolute Gasteiger partial charge is 0.245 e. The zero-order valence-corrected chi connectivity index (χ0v) is 18.6. The SMILES string of the molecule is CN(O)C(=O)CCCc1scc(-c2ccc(S(N)(=O)=O)cc2)c1-c1ccc(Cl)cc1. The number of halogens is 1. The molecule has 1 heterocycles. The van der Waals surface area contributed by atoms with Crippen molar-refractivity contribution in [1.82, 2.24) is 5.06 Å². The van der Waals surface area contributed by atoms with Crippen molar-refractivity contribution < 1.29 is 18.4 Å². The quantitative estimate of drug-likeness (QED) is 0.395. The molecule has 30 heavy (non-hydrogen) atoms. The molecule has 0 saturated carbocycles. The molecule has 0 bridgehead atoms. The molecule has 0 radical (unpaired) electrons. The number of hydroxylamine groups is 2. The Bertz CT molecular complexity index is 1140. The molecule has 1 aromatic heterocycles. The van der Waals surface area contributed by atoms with Crippen molar-refractivity contribution in [2.24, 2.45) is 5.14 Å². The summed E-state index contributed by atoms with van der Waals surface area (Å²) in [5.74, 6) is -0.335. The Morgan fingerprint density at radius 1 is 1.10 bits per heavy atom. The van der Waals surface area contributed by atoms with Gasteiger partial charge in [-0.2, -0.15) is 0 Å². The highest BCUT2D eigenvalue weighted by atomic mass is 35.5. The number of aryl methyl sites for hydroxylation is 1. The molecule has 0 spiro atoms. The van der Waals surface area contributed by atoms with Crippen LogP contribution in [0, 0.1) is 0 Å². The highest BCUT2D eigenvalue weighted by molar-refractivity contribution is 7.89. The van der Waals surface area contributed by atoms with E-state index in [1.54, 1.807) is 23.5 Å². The van der Waals surface area contributed by atoms with E-state index in [1.807, 2.05) is 29.6 Å². The van der Waals surface area contributed by atoms with Crippen LogP contribution in [0.1, 0.15) is 17.7 Å². The molecule has 0 aliphatic rings. The first kappa shape index (κ1) is 22.5. The number of benzene rings is 2. The molecular weight excluding hydrogens is 444 g/mol. The molecule has 0 unspecified atom stereocenters. The van der Waals surface area contributed by atoms with Gasteiger partial charge in [0.2, 0.25) is 15.9 Å². The van der Waals surface area contributed by atoms with Crippen LogP contribution in [-0.2, 0) is 21.2 Å². The molecule has 0 aliphatic carbocycles. The number of primary sulfonamides is 1. The second kappa shape index (κ2) is 9.28. The van der Waals surface area contributed by atoms with Crippen LogP contribution in [0.2, 0.25) is 5.02 Å². The fraction of sp³-hybridized carbons (Fsp3) is 0.190. The zero-order chi connectivity index (χ0) is 21.9. The predicted octanol–water partition coefficient (Wildman–Crippen LogP) is 4.55. The van der Waals surface area contributed by atoms with Crippen molar-refractivity contribution in [2.45, 2.75) is 24.2 Å². The second-order valence-corrected chi connectivity index (χ2v) is 9.76. The predicted molar refractivity (Wildman–Crippen MR) is 119 cm³/mol. The highest BCUT2D eigenvalue weighted by Crippen LogP contribution is 2.40. The summed E-state index contributed by atoms with van der Waals surface area (Å²) < 4.78 is 23.1. The third-order valence-electron chi connectivity index (χ3n) is 4.65. The monoisotopic (exact) mass is 464 g/mol. The summed E-state index contributed by atoms with van der Waals surface area (Å²) in [7, 11) is -2.44. The molecule has 3 rings (SSSR count). The summed E-state index contributed by atoms with van der Waals surface area (Å²) >= 11 is 7.62. The maximum Gasteiger partial charge on any atom is 0.245 e. The number of hydrogen-bond donors (Lipinski definition) is 2. The Morgan fingerprint density at radius 2 is 1.70 bits per heavy atom. The Hall–Kier alpha value is -2.23. The number of hydrogen-bond acceptors (Lipinski definition) is 5. The first-order valence-corrected chi connectivity index (χ1v) is 11.9. The van der Waals surface area contributed by atoms with Crippen molar-refractivity contribution in [3.63, 3.8) is 0 Å². The molecule has 6 nitrogen and oxygen atoms in total. The summed E-state index contributed by atoms with van der Waals surface area (Å²) in [5.41, 5.74) is 3.82. The maximum atomic E-state index is 11.7. The molecule has 158 valence electrons. The van der Waals surface area contributed by atoms with Gasteiger partial charge >= 0.3 is 0 Å². The summed E-state index contributed by atoms with van der Waals surface area (Å²) in [6.07, 6.45) is 1.50. The number of carbonyl (C=O) groups is 1. The van der Waals surface area contributed by atoms with Gasteiger partial charge in [0.1, 0.15) is 0 Å². The molecule has 0 aliphatic heterocycles. The van der Waals surface area contributed by atoms with E-state index < -0.39 is 10.0 Å². The Kier molecular flexibility index (Phi) is 6.95. The van der Waals surface area contributed by atoms with Crippen LogP contribution >= 0.6 is 22.9 Å². The number of rotatable bonds is 7. The van der Waals surface area contributed by atoms with Crippen LogP contribution < -0.4 is 5.14 Å². The second-order valence-electron chi connectivity index (χ2n) is 6.79. The van der Waals surface area contributed by atoms with E-state index >= 15 is 0 Å². The van der Waals surface area contributed by atoms with E-state index in [9.17, 15) is 18.4 Å². The lowest BCUT2D eigenvalue weighted by Gasteiger charge is -2.11. The fourth-order valence-corrected chi connectivity index (χ4v) is 4.88. The topological polar surface area (TPSA) is 101 Å². The van der Waals surface area contributed by atoms with Gasteiger partial charge in [-0.05, 0) is 53.6 Å². The van der Waals surface area contributed by atoms with Gasteiger partial charge in [-0.15, -0.1) is 11.3 Å². The minimum atomic E-state index is -3.76. The number of nitrogens with zero attached hydrogens (tertiary/aromatic N) is 1. The Labute approximate surface area is 184 Å². The third kappa shape index (κ3) is 5.27. The molecule has 0 atom stereocenters. The van der Waals surface area contributed by atoms with Gasteiger partial charge in [-0.25, -0.2) is 18.6 Å². The van der Waals surface area contributed by atoms with Crippen molar-refractivity contribution in [2.75, 3.05) is 7.05 Å². The van der Waals surface area contributed by atoms with Gasteiger partial charge in [0.05, 0.1) is 4.90 Å².